The van der Waals surface area contributed by atoms with E-state index in [-0.39, 0.29) is 33.5 Å². The Morgan fingerprint density at radius 1 is 0.885 bits per heavy atom. The van der Waals surface area contributed by atoms with Crippen LogP contribution in [0.1, 0.15) is 42.6 Å². The molecule has 12 nitrogen and oxygen atoms in total. The van der Waals surface area contributed by atoms with Crippen molar-refractivity contribution >= 4 is 51.6 Å². The van der Waals surface area contributed by atoms with Crippen LogP contribution in [-0.4, -0.2) is 57.7 Å². The van der Waals surface area contributed by atoms with E-state index in [4.69, 9.17) is 32.9 Å². The highest BCUT2D eigenvalue weighted by Crippen LogP contribution is 2.43. The number of hydrogen-bond acceptors (Lipinski definition) is 9. The Labute approximate surface area is 308 Å². The zero-order valence-electron chi connectivity index (χ0n) is 29.2. The van der Waals surface area contributed by atoms with Gasteiger partial charge < -0.3 is 20.7 Å². The maximum atomic E-state index is 13.8. The van der Waals surface area contributed by atoms with E-state index < -0.39 is 23.5 Å². The summed E-state index contributed by atoms with van der Waals surface area (Å²) < 4.78 is 34.9. The number of carbonyl (C=O) groups is 1. The van der Waals surface area contributed by atoms with Crippen LogP contribution in [0.4, 0.5) is 20.3 Å². The molecule has 16 heteroatoms. The number of aromatic nitrogens is 5. The van der Waals surface area contributed by atoms with E-state index in [2.05, 4.69) is 25.9 Å². The summed E-state index contributed by atoms with van der Waals surface area (Å²) in [5.74, 6) is -0.280. The molecule has 2 aliphatic rings. The molecule has 1 amide bonds. The number of halogens is 4. The molecule has 3 N–H and O–H groups in total. The number of aryl methyl sites for hydroxylation is 2. The second kappa shape index (κ2) is 16.6. The van der Waals surface area contributed by atoms with Crippen LogP contribution in [0.15, 0.2) is 52.1 Å². The first-order valence-electron chi connectivity index (χ1n) is 16.4. The largest absolute Gasteiger partial charge is 0.481 e. The fourth-order valence-corrected chi connectivity index (χ4v) is 6.58. The lowest BCUT2D eigenvalue weighted by molar-refractivity contribution is -0.119. The van der Waals surface area contributed by atoms with Gasteiger partial charge in [-0.1, -0.05) is 53.5 Å². The van der Waals surface area contributed by atoms with Gasteiger partial charge in [0.2, 0.25) is 11.8 Å². The van der Waals surface area contributed by atoms with Gasteiger partial charge >= 0.3 is 5.69 Å². The quantitative estimate of drug-likeness (QED) is 0.191. The smallest absolute Gasteiger partial charge is 0.332 e. The average molecular weight is 756 g/mol. The molecule has 5 aromatic rings. The van der Waals surface area contributed by atoms with Crippen LogP contribution in [0.3, 0.4) is 0 Å². The zero-order chi connectivity index (χ0) is 37.7. The third kappa shape index (κ3) is 7.78. The highest BCUT2D eigenvalue weighted by molar-refractivity contribution is 6.39. The van der Waals surface area contributed by atoms with Crippen molar-refractivity contribution in [1.82, 2.24) is 34.7 Å². The molecule has 1 fully saturated rings. The van der Waals surface area contributed by atoms with Gasteiger partial charge in [0.05, 0.1) is 28.5 Å². The van der Waals surface area contributed by atoms with Crippen molar-refractivity contribution < 1.29 is 18.3 Å². The molecule has 274 valence electrons. The normalized spacial score (nSPS) is 13.2. The van der Waals surface area contributed by atoms with E-state index in [9.17, 15) is 23.2 Å². The van der Waals surface area contributed by atoms with Crippen molar-refractivity contribution in [3.8, 4) is 28.3 Å². The fraction of sp³-hybridized carbons (Fsp3) is 0.333. The monoisotopic (exact) mass is 754 g/mol. The van der Waals surface area contributed by atoms with Crippen molar-refractivity contribution in [3.63, 3.8) is 0 Å². The van der Waals surface area contributed by atoms with Gasteiger partial charge in [-0.05, 0) is 57.5 Å². The predicted octanol–water partition coefficient (Wildman–Crippen LogP) is 5.97. The van der Waals surface area contributed by atoms with E-state index >= 15 is 0 Å². The van der Waals surface area contributed by atoms with Gasteiger partial charge in [-0.3, -0.25) is 18.7 Å². The third-order valence-electron chi connectivity index (χ3n) is 8.48. The number of anilines is 2. The first kappa shape index (κ1) is 38.3. The molecule has 1 saturated heterocycles. The number of amides is 1. The molecule has 0 spiro atoms. The Kier molecular flexibility index (Phi) is 12.2. The third-order valence-corrected chi connectivity index (χ3v) is 9.29. The molecule has 2 aromatic carbocycles. The van der Waals surface area contributed by atoms with Gasteiger partial charge in [0, 0.05) is 49.3 Å². The maximum absolute atomic E-state index is 13.8. The van der Waals surface area contributed by atoms with Crippen LogP contribution in [-0.2, 0) is 31.7 Å². The number of fused-ring (bicyclic) bond motifs is 2. The number of ether oxygens (including phenoxy) is 1. The Balaban J connectivity index is 0.000000514. The summed E-state index contributed by atoms with van der Waals surface area (Å²) in [7, 11) is 7.97. The number of pyridine rings is 1. The van der Waals surface area contributed by atoms with E-state index in [1.54, 1.807) is 25.3 Å². The molecule has 1 aliphatic carbocycles. The van der Waals surface area contributed by atoms with Crippen LogP contribution in [0, 0.1) is 0 Å². The minimum absolute atomic E-state index is 0.146. The number of nitrogens with zero attached hydrogens (tertiary/aromatic N) is 5. The lowest BCUT2D eigenvalue weighted by atomic mass is 9.99. The highest BCUT2D eigenvalue weighted by atomic mass is 35.5. The molecule has 0 atom stereocenters. The Bertz CT molecular complexity index is 2250. The van der Waals surface area contributed by atoms with Crippen LogP contribution < -0.4 is 31.9 Å². The molecule has 1 aliphatic heterocycles. The van der Waals surface area contributed by atoms with Crippen molar-refractivity contribution in [2.45, 2.75) is 38.5 Å². The first-order chi connectivity index (χ1) is 24.9. The summed E-state index contributed by atoms with van der Waals surface area (Å²) in [5.41, 5.74) is 3.37. The molecular weight excluding hydrogens is 717 g/mol. The molecular formula is C36H38Cl2F2N8O4. The second-order valence-corrected chi connectivity index (χ2v) is 12.8. The SMILES string of the molecule is CNC.COc1nc(-c2cccc(-c3cccc(Nc4nc(C(F)F)nc5c4c(=O)n(C)c(=O)n5C)c3Cl)c2Cl)cc2c1CCC2.O=C1CCCN1. The molecule has 0 unspecified atom stereocenters. The second-order valence-electron chi connectivity index (χ2n) is 12.1. The molecule has 52 heavy (non-hydrogen) atoms. The molecule has 7 rings (SSSR count). The number of alkyl halides is 2. The Morgan fingerprint density at radius 3 is 2.17 bits per heavy atom. The highest BCUT2D eigenvalue weighted by Gasteiger charge is 2.24. The van der Waals surface area contributed by atoms with Crippen LogP contribution in [0.2, 0.25) is 10.0 Å². The summed E-state index contributed by atoms with van der Waals surface area (Å²) in [5, 5.41) is 8.82. The van der Waals surface area contributed by atoms with Gasteiger partial charge in [-0.2, -0.15) is 0 Å². The van der Waals surface area contributed by atoms with Gasteiger partial charge in [0.25, 0.3) is 12.0 Å². The minimum Gasteiger partial charge on any atom is -0.481 e. The number of hydrogen-bond donors (Lipinski definition) is 3. The van der Waals surface area contributed by atoms with Crippen molar-refractivity contribution in [2.24, 2.45) is 14.1 Å². The molecule has 0 saturated carbocycles. The summed E-state index contributed by atoms with van der Waals surface area (Å²) in [6, 6.07) is 12.6. The summed E-state index contributed by atoms with van der Waals surface area (Å²) in [6.07, 6.45) is 1.58. The number of carbonyl (C=O) groups excluding carboxylic acids is 1. The van der Waals surface area contributed by atoms with Crippen LogP contribution in [0.5, 0.6) is 5.88 Å². The number of methoxy groups -OCH3 is 1. The first-order valence-corrected chi connectivity index (χ1v) is 17.2. The van der Waals surface area contributed by atoms with Crippen molar-refractivity contribution in [3.05, 3.63) is 90.3 Å². The molecule has 0 radical (unpaired) electrons. The van der Waals surface area contributed by atoms with Gasteiger partial charge in [0.1, 0.15) is 11.2 Å². The van der Waals surface area contributed by atoms with E-state index in [1.807, 2.05) is 38.4 Å². The fourth-order valence-electron chi connectivity index (χ4n) is 5.98. The van der Waals surface area contributed by atoms with Gasteiger partial charge in [0.15, 0.2) is 11.5 Å². The average Bonchev–Trinajstić information content (AvgIpc) is 3.82. The predicted molar refractivity (Wildman–Crippen MR) is 199 cm³/mol. The number of nitrogens with one attached hydrogen (secondary N) is 3. The minimum atomic E-state index is -3.06. The van der Waals surface area contributed by atoms with Crippen LogP contribution in [0.25, 0.3) is 33.4 Å². The summed E-state index contributed by atoms with van der Waals surface area (Å²) in [4.78, 5) is 48.1. The van der Waals surface area contributed by atoms with E-state index in [0.29, 0.717) is 33.3 Å². The van der Waals surface area contributed by atoms with Crippen molar-refractivity contribution in [2.75, 3.05) is 33.1 Å². The van der Waals surface area contributed by atoms with E-state index in [0.717, 1.165) is 53.3 Å². The van der Waals surface area contributed by atoms with Gasteiger partial charge in [-0.25, -0.2) is 28.5 Å². The molecule has 0 bridgehead atoms. The van der Waals surface area contributed by atoms with E-state index in [1.165, 1.54) is 19.7 Å². The topological polar surface area (TPSA) is 145 Å². The lowest BCUT2D eigenvalue weighted by Gasteiger charge is -2.17. The lowest BCUT2D eigenvalue weighted by Crippen LogP contribution is -2.38. The molecule has 3 aromatic heterocycles. The number of benzene rings is 2. The van der Waals surface area contributed by atoms with Crippen LogP contribution >= 0.6 is 23.2 Å². The molecule has 4 heterocycles. The Hall–Kier alpha value is -4.92. The van der Waals surface area contributed by atoms with Crippen molar-refractivity contribution in [1.29, 1.82) is 0 Å². The Morgan fingerprint density at radius 2 is 1.56 bits per heavy atom. The summed E-state index contributed by atoms with van der Waals surface area (Å²) in [6.45, 7) is 0.888. The zero-order valence-corrected chi connectivity index (χ0v) is 30.8. The maximum Gasteiger partial charge on any atom is 0.332 e. The standard InChI is InChI=1S/C30H24Cl2F2N6O3.C4H7NO.C2H7N/c1-39-27-21(29(41)40(2)30(39)42)25(37-26(38-27)24(33)34)35-19-12-6-10-17(23(19)32)16-9-5-11-18(22(16)31)20-13-14-7-4-8-15(14)28(36-20)43-3;6-4-2-1-3-5-4;1-3-2/h5-6,9-13,24H,4,7-8H2,1-3H3,(H,35,37,38);1-3H2,(H,5,6);3H,1-2H3. The number of rotatable bonds is 6. The van der Waals surface area contributed by atoms with Gasteiger partial charge in [-0.15, -0.1) is 0 Å². The summed E-state index contributed by atoms with van der Waals surface area (Å²) >= 11 is 13.9.